The summed E-state index contributed by atoms with van der Waals surface area (Å²) in [6.07, 6.45) is 1.86. The van der Waals surface area contributed by atoms with Gasteiger partial charge in [0.1, 0.15) is 18.4 Å². The summed E-state index contributed by atoms with van der Waals surface area (Å²) >= 11 is 0. The Bertz CT molecular complexity index is 1210. The average Bonchev–Trinajstić information content (AvgIpc) is 3.32. The molecule has 3 atom stereocenters. The molecular weight excluding hydrogens is 480 g/mol. The van der Waals surface area contributed by atoms with Crippen LogP contribution in [0.2, 0.25) is 0 Å². The van der Waals surface area contributed by atoms with Crippen LogP contribution in [0.15, 0.2) is 47.6 Å². The molecule has 0 spiro atoms. The summed E-state index contributed by atoms with van der Waals surface area (Å²) in [6, 6.07) is 5.75. The first kappa shape index (κ1) is 25.3. The second kappa shape index (κ2) is 9.71. The summed E-state index contributed by atoms with van der Waals surface area (Å²) in [4.78, 5) is 21.8. The largest absolute Gasteiger partial charge is 0.347 e. The second-order valence-corrected chi connectivity index (χ2v) is 11.3. The maximum atomic E-state index is 13.8. The molecule has 0 radical (unpaired) electrons. The normalized spacial score (nSPS) is 26.6. The number of halogens is 2. The van der Waals surface area contributed by atoms with Crippen LogP contribution < -0.4 is 5.32 Å². The fourth-order valence-corrected chi connectivity index (χ4v) is 4.74. The smallest absolute Gasteiger partial charge is 0.257 e. The number of benzene rings is 1. The van der Waals surface area contributed by atoms with Crippen molar-refractivity contribution >= 4 is 27.1 Å². The van der Waals surface area contributed by atoms with E-state index in [1.165, 1.54) is 42.7 Å². The van der Waals surface area contributed by atoms with E-state index in [0.717, 1.165) is 6.26 Å². The number of nitrogens with one attached hydrogen (secondary N) is 1. The highest BCUT2D eigenvalue weighted by Crippen LogP contribution is 2.34. The van der Waals surface area contributed by atoms with Gasteiger partial charge in [0.15, 0.2) is 21.4 Å². The van der Waals surface area contributed by atoms with Crippen molar-refractivity contribution < 1.29 is 31.5 Å². The zero-order valence-electron chi connectivity index (χ0n) is 19.6. The van der Waals surface area contributed by atoms with Crippen molar-refractivity contribution in [3.8, 4) is 0 Å². The molecule has 188 valence electrons. The lowest BCUT2D eigenvalue weighted by Crippen LogP contribution is -2.20. The van der Waals surface area contributed by atoms with E-state index in [2.05, 4.69) is 15.3 Å². The lowest BCUT2D eigenvalue weighted by atomic mass is 9.98. The van der Waals surface area contributed by atoms with E-state index in [-0.39, 0.29) is 35.2 Å². The molecule has 8 nitrogen and oxygen atoms in total. The van der Waals surface area contributed by atoms with E-state index in [0.29, 0.717) is 17.9 Å². The van der Waals surface area contributed by atoms with E-state index >= 15 is 0 Å². The number of allylic oxidation sites excluding steroid dienone is 1. The summed E-state index contributed by atoms with van der Waals surface area (Å²) in [7, 11) is -3.43. The molecule has 1 aliphatic heterocycles. The molecule has 1 saturated carbocycles. The number of anilines is 1. The van der Waals surface area contributed by atoms with Crippen LogP contribution in [0.5, 0.6) is 0 Å². The minimum Gasteiger partial charge on any atom is -0.347 e. The summed E-state index contributed by atoms with van der Waals surface area (Å²) in [5.74, 6) is -1.58. The van der Waals surface area contributed by atoms with E-state index in [1.807, 2.05) is 0 Å². The van der Waals surface area contributed by atoms with Gasteiger partial charge >= 0.3 is 0 Å². The number of alkyl halides is 2. The fourth-order valence-electron chi connectivity index (χ4n) is 4.11. The van der Waals surface area contributed by atoms with Crippen LogP contribution in [0.3, 0.4) is 0 Å². The summed E-state index contributed by atoms with van der Waals surface area (Å²) in [5.41, 5.74) is 1.13. The zero-order chi connectivity index (χ0) is 25.4. The summed E-state index contributed by atoms with van der Waals surface area (Å²) in [6.45, 7) is 3.92. The van der Waals surface area contributed by atoms with Gasteiger partial charge in [-0.05, 0) is 50.3 Å². The van der Waals surface area contributed by atoms with Crippen molar-refractivity contribution in [1.29, 1.82) is 0 Å². The SMILES string of the molecule is CC1(C)OC[C@H](c2cnc(NC(=O)/C(=C/C3CC(F)C(F)C3)c3ccc(S(C)(=O)=O)cc3)cn2)O1. The Morgan fingerprint density at radius 3 is 2.29 bits per heavy atom. The zero-order valence-corrected chi connectivity index (χ0v) is 20.4. The number of aromatic nitrogens is 2. The van der Waals surface area contributed by atoms with Gasteiger partial charge in [0.05, 0.1) is 29.6 Å². The van der Waals surface area contributed by atoms with Gasteiger partial charge in [-0.2, -0.15) is 0 Å². The quantitative estimate of drug-likeness (QED) is 0.593. The molecule has 2 unspecified atom stereocenters. The molecule has 0 bridgehead atoms. The van der Waals surface area contributed by atoms with Crippen molar-refractivity contribution in [2.75, 3.05) is 18.2 Å². The van der Waals surface area contributed by atoms with Crippen molar-refractivity contribution in [3.05, 3.63) is 54.0 Å². The van der Waals surface area contributed by atoms with E-state index in [9.17, 15) is 22.0 Å². The van der Waals surface area contributed by atoms with Gasteiger partial charge < -0.3 is 14.8 Å². The molecule has 1 amide bonds. The lowest BCUT2D eigenvalue weighted by molar-refractivity contribution is -0.139. The Kier molecular flexibility index (Phi) is 7.03. The third kappa shape index (κ3) is 6.09. The Balaban J connectivity index is 1.55. The number of hydrogen-bond donors (Lipinski definition) is 1. The van der Waals surface area contributed by atoms with Crippen LogP contribution in [-0.2, 0) is 24.1 Å². The maximum Gasteiger partial charge on any atom is 0.257 e. The molecule has 35 heavy (non-hydrogen) atoms. The van der Waals surface area contributed by atoms with E-state index in [4.69, 9.17) is 9.47 Å². The van der Waals surface area contributed by atoms with Crippen LogP contribution in [-0.4, -0.2) is 55.3 Å². The number of carbonyl (C=O) groups is 1. The molecule has 2 fully saturated rings. The molecule has 11 heteroatoms. The predicted molar refractivity (Wildman–Crippen MR) is 125 cm³/mol. The Labute approximate surface area is 202 Å². The van der Waals surface area contributed by atoms with Gasteiger partial charge in [0.2, 0.25) is 0 Å². The minimum absolute atomic E-state index is 0.0340. The number of hydrogen-bond acceptors (Lipinski definition) is 7. The third-order valence-electron chi connectivity index (χ3n) is 5.94. The number of nitrogens with zero attached hydrogens (tertiary/aromatic N) is 2. The Morgan fingerprint density at radius 1 is 1.11 bits per heavy atom. The van der Waals surface area contributed by atoms with Crippen LogP contribution in [0.4, 0.5) is 14.6 Å². The molecule has 1 aromatic heterocycles. The highest BCUT2D eigenvalue weighted by molar-refractivity contribution is 7.90. The molecule has 2 heterocycles. The van der Waals surface area contributed by atoms with Gasteiger partial charge in [-0.1, -0.05) is 18.2 Å². The lowest BCUT2D eigenvalue weighted by Gasteiger charge is -2.16. The Hall–Kier alpha value is -2.76. The molecule has 4 rings (SSSR count). The average molecular weight is 508 g/mol. The number of amides is 1. The standard InChI is InChI=1S/C24H27F2N3O5S/c1-24(2)33-13-21(34-24)20-11-28-22(12-27-20)29-23(30)17(8-14-9-18(25)19(26)10-14)15-4-6-16(7-5-15)35(3,31)32/h4-8,11-12,14,18-19,21H,9-10,13H2,1-3H3,(H,28,29,30)/b17-8+/t14?,18?,19?,21-/m1/s1. The second-order valence-electron chi connectivity index (χ2n) is 9.24. The Morgan fingerprint density at radius 2 is 1.77 bits per heavy atom. The first-order valence-electron chi connectivity index (χ1n) is 11.2. The topological polar surface area (TPSA) is 107 Å². The van der Waals surface area contributed by atoms with Gasteiger partial charge in [0, 0.05) is 11.8 Å². The van der Waals surface area contributed by atoms with Crippen LogP contribution in [0.25, 0.3) is 5.57 Å². The molecule has 2 aromatic rings. The summed E-state index contributed by atoms with van der Waals surface area (Å²) < 4.78 is 62.4. The van der Waals surface area contributed by atoms with Crippen molar-refractivity contribution in [2.45, 2.75) is 55.8 Å². The number of rotatable bonds is 6. The van der Waals surface area contributed by atoms with Gasteiger partial charge in [-0.15, -0.1) is 0 Å². The molecule has 1 aliphatic carbocycles. The minimum atomic E-state index is -3.43. The summed E-state index contributed by atoms with van der Waals surface area (Å²) in [5, 5.41) is 2.66. The number of carbonyl (C=O) groups excluding carboxylic acids is 1. The number of sulfone groups is 1. The van der Waals surface area contributed by atoms with Crippen molar-refractivity contribution in [3.63, 3.8) is 0 Å². The first-order valence-corrected chi connectivity index (χ1v) is 13.1. The molecule has 1 aromatic carbocycles. The molecular formula is C24H27F2N3O5S. The molecule has 2 aliphatic rings. The number of ether oxygens (including phenoxy) is 2. The van der Waals surface area contributed by atoms with Gasteiger partial charge in [-0.3, -0.25) is 9.78 Å². The third-order valence-corrected chi connectivity index (χ3v) is 7.07. The monoisotopic (exact) mass is 507 g/mol. The van der Waals surface area contributed by atoms with Gasteiger partial charge in [0.25, 0.3) is 5.91 Å². The molecule has 1 N–H and O–H groups in total. The van der Waals surface area contributed by atoms with E-state index < -0.39 is 39.8 Å². The first-order chi connectivity index (χ1) is 16.4. The van der Waals surface area contributed by atoms with Gasteiger partial charge in [-0.25, -0.2) is 22.2 Å². The van der Waals surface area contributed by atoms with Crippen molar-refractivity contribution in [2.24, 2.45) is 5.92 Å². The molecule has 1 saturated heterocycles. The van der Waals surface area contributed by atoms with Crippen molar-refractivity contribution in [1.82, 2.24) is 9.97 Å². The fraction of sp³-hybridized carbons (Fsp3) is 0.458. The maximum absolute atomic E-state index is 13.8. The van der Waals surface area contributed by atoms with Crippen LogP contribution in [0, 0.1) is 5.92 Å². The predicted octanol–water partition coefficient (Wildman–Crippen LogP) is 3.81. The van der Waals surface area contributed by atoms with E-state index in [1.54, 1.807) is 13.8 Å². The highest BCUT2D eigenvalue weighted by Gasteiger charge is 2.35. The van der Waals surface area contributed by atoms with Crippen LogP contribution in [0.1, 0.15) is 44.1 Å². The van der Waals surface area contributed by atoms with Crippen LogP contribution >= 0.6 is 0 Å². The highest BCUT2D eigenvalue weighted by atomic mass is 32.2.